The average Bonchev–Trinajstić information content (AvgIpc) is 2.71. The molecule has 0 saturated heterocycles. The van der Waals surface area contributed by atoms with Gasteiger partial charge < -0.3 is 15.2 Å². The Morgan fingerprint density at radius 3 is 2.45 bits per heavy atom. The maximum absolute atomic E-state index is 11.5. The lowest BCUT2D eigenvalue weighted by Crippen LogP contribution is -2.36. The van der Waals surface area contributed by atoms with Crippen LogP contribution >= 0.6 is 0 Å². The second-order valence-corrected chi connectivity index (χ2v) is 6.52. The number of alkyl carbamates (subject to hydrolysis) is 1. The van der Waals surface area contributed by atoms with Crippen molar-refractivity contribution in [1.82, 2.24) is 25.5 Å². The number of aliphatic hydroxyl groups is 1. The fourth-order valence-electron chi connectivity index (χ4n) is 1.47. The van der Waals surface area contributed by atoms with Crippen molar-refractivity contribution in [2.45, 2.75) is 58.8 Å². The predicted molar refractivity (Wildman–Crippen MR) is 72.0 cm³/mol. The molecule has 0 spiro atoms. The summed E-state index contributed by atoms with van der Waals surface area (Å²) in [6, 6.07) is 0. The second kappa shape index (κ2) is 5.74. The van der Waals surface area contributed by atoms with Gasteiger partial charge in [-0.3, -0.25) is 0 Å². The summed E-state index contributed by atoms with van der Waals surface area (Å²) in [4.78, 5) is 11.5. The zero-order valence-electron chi connectivity index (χ0n) is 12.8. The second-order valence-electron chi connectivity index (χ2n) is 6.52. The average molecular weight is 285 g/mol. The summed E-state index contributed by atoms with van der Waals surface area (Å²) in [6.45, 7) is 11.0. The van der Waals surface area contributed by atoms with Crippen LogP contribution in [0, 0.1) is 0 Å². The number of hydrogen-bond acceptors (Lipinski definition) is 6. The maximum Gasteiger partial charge on any atom is 0.407 e. The Kier molecular flexibility index (Phi) is 4.69. The first kappa shape index (κ1) is 16.4. The molecule has 1 rings (SSSR count). The lowest BCUT2D eigenvalue weighted by atomic mass is 10.1. The SMILES string of the molecule is CC(C)(C)OC(=O)NCC(O)c1nnnn1C(C)(C)C. The summed E-state index contributed by atoms with van der Waals surface area (Å²) >= 11 is 0. The van der Waals surface area contributed by atoms with E-state index in [-0.39, 0.29) is 12.1 Å². The molecule has 0 aliphatic rings. The van der Waals surface area contributed by atoms with Crippen LogP contribution in [-0.4, -0.2) is 43.6 Å². The molecular formula is C12H23N5O3. The molecule has 1 amide bonds. The van der Waals surface area contributed by atoms with Crippen LogP contribution in [0.4, 0.5) is 4.79 Å². The molecule has 8 heteroatoms. The third-order valence-corrected chi connectivity index (χ3v) is 2.27. The minimum Gasteiger partial charge on any atom is -0.444 e. The fraction of sp³-hybridized carbons (Fsp3) is 0.833. The predicted octanol–water partition coefficient (Wildman–Crippen LogP) is 0.986. The number of nitrogens with zero attached hydrogens (tertiary/aromatic N) is 4. The van der Waals surface area contributed by atoms with Crippen LogP contribution in [-0.2, 0) is 10.3 Å². The molecule has 114 valence electrons. The van der Waals surface area contributed by atoms with Crippen LogP contribution in [0.15, 0.2) is 0 Å². The molecule has 0 saturated carbocycles. The van der Waals surface area contributed by atoms with E-state index in [4.69, 9.17) is 4.74 Å². The molecule has 8 nitrogen and oxygen atoms in total. The van der Waals surface area contributed by atoms with Gasteiger partial charge in [0.1, 0.15) is 11.7 Å². The maximum atomic E-state index is 11.5. The number of tetrazole rings is 1. The highest BCUT2D eigenvalue weighted by Gasteiger charge is 2.25. The normalized spacial score (nSPS) is 13.9. The lowest BCUT2D eigenvalue weighted by Gasteiger charge is -2.23. The molecule has 0 aromatic carbocycles. The number of hydrogen-bond donors (Lipinski definition) is 2. The molecule has 1 heterocycles. The van der Waals surface area contributed by atoms with E-state index in [9.17, 15) is 9.90 Å². The van der Waals surface area contributed by atoms with Gasteiger partial charge in [-0.25, -0.2) is 9.48 Å². The van der Waals surface area contributed by atoms with E-state index in [1.54, 1.807) is 20.8 Å². The number of rotatable bonds is 3. The summed E-state index contributed by atoms with van der Waals surface area (Å²) < 4.78 is 6.61. The van der Waals surface area contributed by atoms with Gasteiger partial charge in [0, 0.05) is 0 Å². The molecule has 1 aromatic heterocycles. The molecule has 0 fully saturated rings. The Morgan fingerprint density at radius 1 is 1.35 bits per heavy atom. The largest absolute Gasteiger partial charge is 0.444 e. The van der Waals surface area contributed by atoms with Crippen molar-refractivity contribution in [3.8, 4) is 0 Å². The van der Waals surface area contributed by atoms with Gasteiger partial charge in [0.2, 0.25) is 0 Å². The van der Waals surface area contributed by atoms with E-state index < -0.39 is 17.8 Å². The van der Waals surface area contributed by atoms with Gasteiger partial charge in [0.15, 0.2) is 5.82 Å². The summed E-state index contributed by atoms with van der Waals surface area (Å²) in [5.41, 5.74) is -0.937. The van der Waals surface area contributed by atoms with Gasteiger partial charge in [-0.15, -0.1) is 5.10 Å². The minimum absolute atomic E-state index is 0.0225. The van der Waals surface area contributed by atoms with Crippen molar-refractivity contribution in [2.24, 2.45) is 0 Å². The Labute approximate surface area is 118 Å². The quantitative estimate of drug-likeness (QED) is 0.858. The van der Waals surface area contributed by atoms with Gasteiger partial charge in [-0.1, -0.05) is 0 Å². The fourth-order valence-corrected chi connectivity index (χ4v) is 1.47. The Hall–Kier alpha value is -1.70. The highest BCUT2D eigenvalue weighted by molar-refractivity contribution is 5.67. The van der Waals surface area contributed by atoms with Crippen molar-refractivity contribution in [3.05, 3.63) is 5.82 Å². The van der Waals surface area contributed by atoms with Gasteiger partial charge in [0.25, 0.3) is 0 Å². The lowest BCUT2D eigenvalue weighted by molar-refractivity contribution is 0.0484. The summed E-state index contributed by atoms with van der Waals surface area (Å²) in [7, 11) is 0. The molecular weight excluding hydrogens is 262 g/mol. The molecule has 1 unspecified atom stereocenters. The number of aliphatic hydroxyl groups excluding tert-OH is 1. The van der Waals surface area contributed by atoms with Crippen LogP contribution in [0.3, 0.4) is 0 Å². The molecule has 20 heavy (non-hydrogen) atoms. The topological polar surface area (TPSA) is 102 Å². The van der Waals surface area contributed by atoms with E-state index in [1.807, 2.05) is 20.8 Å². The van der Waals surface area contributed by atoms with Crippen LogP contribution < -0.4 is 5.32 Å². The number of ether oxygens (including phenoxy) is 1. The molecule has 0 bridgehead atoms. The van der Waals surface area contributed by atoms with Crippen molar-refractivity contribution in [3.63, 3.8) is 0 Å². The number of amides is 1. The van der Waals surface area contributed by atoms with Crippen molar-refractivity contribution >= 4 is 6.09 Å². The van der Waals surface area contributed by atoms with Crippen LogP contribution in [0.2, 0.25) is 0 Å². The van der Waals surface area contributed by atoms with Gasteiger partial charge in [-0.05, 0) is 52.0 Å². The van der Waals surface area contributed by atoms with E-state index in [2.05, 4.69) is 20.8 Å². The Bertz CT molecular complexity index is 458. The first-order chi connectivity index (χ1) is 9.00. The zero-order valence-corrected chi connectivity index (χ0v) is 12.8. The van der Waals surface area contributed by atoms with Gasteiger partial charge in [-0.2, -0.15) is 0 Å². The van der Waals surface area contributed by atoms with E-state index in [0.717, 1.165) is 0 Å². The monoisotopic (exact) mass is 285 g/mol. The first-order valence-corrected chi connectivity index (χ1v) is 6.44. The van der Waals surface area contributed by atoms with Gasteiger partial charge in [0.05, 0.1) is 12.1 Å². The van der Waals surface area contributed by atoms with Crippen molar-refractivity contribution in [1.29, 1.82) is 0 Å². The highest BCUT2D eigenvalue weighted by Crippen LogP contribution is 2.17. The number of carbonyl (C=O) groups excluding carboxylic acids is 1. The first-order valence-electron chi connectivity index (χ1n) is 6.44. The molecule has 2 N–H and O–H groups in total. The molecule has 1 aromatic rings. The van der Waals surface area contributed by atoms with Crippen molar-refractivity contribution < 1.29 is 14.6 Å². The Balaban J connectivity index is 2.62. The van der Waals surface area contributed by atoms with Crippen LogP contribution in [0.25, 0.3) is 0 Å². The number of nitrogens with one attached hydrogen (secondary N) is 1. The third kappa shape index (κ3) is 4.76. The molecule has 0 radical (unpaired) electrons. The summed E-state index contributed by atoms with van der Waals surface area (Å²) in [6.07, 6.45) is -1.59. The molecule has 0 aliphatic heterocycles. The van der Waals surface area contributed by atoms with Crippen LogP contribution in [0.5, 0.6) is 0 Å². The zero-order chi connectivity index (χ0) is 15.6. The summed E-state index contributed by atoms with van der Waals surface area (Å²) in [5.74, 6) is 0.300. The molecule has 0 aliphatic carbocycles. The van der Waals surface area contributed by atoms with Crippen molar-refractivity contribution in [2.75, 3.05) is 6.54 Å². The third-order valence-electron chi connectivity index (χ3n) is 2.27. The molecule has 1 atom stereocenters. The number of aromatic nitrogens is 4. The van der Waals surface area contributed by atoms with E-state index >= 15 is 0 Å². The van der Waals surface area contributed by atoms with Gasteiger partial charge >= 0.3 is 6.09 Å². The van der Waals surface area contributed by atoms with Crippen LogP contribution in [0.1, 0.15) is 53.5 Å². The van der Waals surface area contributed by atoms with E-state index in [1.165, 1.54) is 4.68 Å². The number of carbonyl (C=O) groups is 1. The smallest absolute Gasteiger partial charge is 0.407 e. The Morgan fingerprint density at radius 2 is 1.95 bits per heavy atom. The standard InChI is InChI=1S/C12H23N5O3/c1-11(2,3)17-9(14-15-16-17)8(18)7-13-10(19)20-12(4,5)6/h8,18H,7H2,1-6H3,(H,13,19). The summed E-state index contributed by atoms with van der Waals surface area (Å²) in [5, 5.41) is 23.7. The highest BCUT2D eigenvalue weighted by atomic mass is 16.6. The minimum atomic E-state index is -1.00. The van der Waals surface area contributed by atoms with E-state index in [0.29, 0.717) is 5.82 Å².